The van der Waals surface area contributed by atoms with E-state index >= 15 is 0 Å². The number of carbonyl (C=O) groups is 1. The molecule has 1 saturated heterocycles. The number of rotatable bonds is 5. The number of hydrogen-bond donors (Lipinski definition) is 0. The first-order valence-electron chi connectivity index (χ1n) is 6.36. The van der Waals surface area contributed by atoms with E-state index < -0.39 is 4.92 Å². The van der Waals surface area contributed by atoms with Crippen LogP contribution in [0, 0.1) is 10.1 Å². The number of nitro benzene ring substituents is 1. The van der Waals surface area contributed by atoms with Gasteiger partial charge in [0.25, 0.3) is 5.69 Å². The molecule has 0 radical (unpaired) electrons. The van der Waals surface area contributed by atoms with Gasteiger partial charge in [-0.25, -0.2) is 0 Å². The fourth-order valence-corrected chi connectivity index (χ4v) is 2.18. The highest BCUT2D eigenvalue weighted by molar-refractivity contribution is 6.05. The summed E-state index contributed by atoms with van der Waals surface area (Å²) in [5, 5.41) is 10.9. The minimum atomic E-state index is -0.453. The predicted octanol–water partition coefficient (Wildman–Crippen LogP) is 2.22. The molecule has 1 aliphatic rings. The molecule has 1 aromatic carbocycles. The molecule has 0 atom stereocenters. The lowest BCUT2D eigenvalue weighted by atomic mass is 10.0. The van der Waals surface area contributed by atoms with Gasteiger partial charge in [0, 0.05) is 37.3 Å². The zero-order valence-electron chi connectivity index (χ0n) is 11.5. The van der Waals surface area contributed by atoms with E-state index in [0.29, 0.717) is 30.9 Å². The molecule has 1 heterocycles. The summed E-state index contributed by atoms with van der Waals surface area (Å²) in [7, 11) is 0. The fourth-order valence-electron chi connectivity index (χ4n) is 2.18. The first-order chi connectivity index (χ1) is 9.61. The van der Waals surface area contributed by atoms with E-state index in [0.717, 1.165) is 13.1 Å². The molecule has 0 aromatic heterocycles. The normalized spacial score (nSPS) is 15.0. The number of allylic oxidation sites excluding steroid dienone is 1. The van der Waals surface area contributed by atoms with Crippen molar-refractivity contribution >= 4 is 23.9 Å². The van der Waals surface area contributed by atoms with Crippen molar-refractivity contribution < 1.29 is 14.5 Å². The molecule has 114 valence electrons. The fraction of sp³-hybridized carbons (Fsp3) is 0.357. The van der Waals surface area contributed by atoms with Gasteiger partial charge in [-0.1, -0.05) is 6.58 Å². The third kappa shape index (κ3) is 4.35. The van der Waals surface area contributed by atoms with Crippen LogP contribution in [-0.2, 0) is 11.3 Å². The van der Waals surface area contributed by atoms with Crippen LogP contribution in [0.25, 0.3) is 0 Å². The average Bonchev–Trinajstić information content (AvgIpc) is 2.47. The van der Waals surface area contributed by atoms with Crippen LogP contribution < -0.4 is 0 Å². The second-order valence-electron chi connectivity index (χ2n) is 4.56. The van der Waals surface area contributed by atoms with Gasteiger partial charge in [-0.2, -0.15) is 0 Å². The lowest BCUT2D eigenvalue weighted by Crippen LogP contribution is -2.36. The lowest BCUT2D eigenvalue weighted by Gasteiger charge is -2.27. The Morgan fingerprint density at radius 3 is 2.67 bits per heavy atom. The zero-order chi connectivity index (χ0) is 14.5. The van der Waals surface area contributed by atoms with Crippen LogP contribution in [0.5, 0.6) is 0 Å². The van der Waals surface area contributed by atoms with Gasteiger partial charge in [0.05, 0.1) is 18.1 Å². The average molecular weight is 313 g/mol. The molecule has 6 nitrogen and oxygen atoms in total. The summed E-state index contributed by atoms with van der Waals surface area (Å²) >= 11 is 0. The number of morpholine rings is 1. The number of nitro groups is 1. The van der Waals surface area contributed by atoms with Crippen LogP contribution in [0.15, 0.2) is 30.9 Å². The molecule has 0 bridgehead atoms. The summed E-state index contributed by atoms with van der Waals surface area (Å²) in [5.74, 6) is -0.219. The Hall–Kier alpha value is -1.76. The molecule has 1 fully saturated rings. The highest BCUT2D eigenvalue weighted by Crippen LogP contribution is 2.21. The van der Waals surface area contributed by atoms with Gasteiger partial charge in [-0.05, 0) is 17.7 Å². The third-order valence-corrected chi connectivity index (χ3v) is 3.25. The number of non-ortho nitro benzene ring substituents is 1. The summed E-state index contributed by atoms with van der Waals surface area (Å²) in [6.07, 6.45) is 1.23. The van der Waals surface area contributed by atoms with E-state index in [9.17, 15) is 14.9 Å². The van der Waals surface area contributed by atoms with Gasteiger partial charge in [0.1, 0.15) is 0 Å². The summed E-state index contributed by atoms with van der Waals surface area (Å²) in [6, 6.07) is 4.31. The Morgan fingerprint density at radius 1 is 1.43 bits per heavy atom. The summed E-state index contributed by atoms with van der Waals surface area (Å²) in [6.45, 7) is 6.75. The minimum absolute atomic E-state index is 0. The maximum absolute atomic E-state index is 11.8. The maximum Gasteiger partial charge on any atom is 0.269 e. The highest BCUT2D eigenvalue weighted by atomic mass is 35.5. The van der Waals surface area contributed by atoms with Crippen LogP contribution in [-0.4, -0.2) is 41.9 Å². The molecule has 2 rings (SSSR count). The first kappa shape index (κ1) is 17.3. The van der Waals surface area contributed by atoms with Crippen molar-refractivity contribution in [2.75, 3.05) is 26.3 Å². The van der Waals surface area contributed by atoms with Gasteiger partial charge in [0.2, 0.25) is 0 Å². The summed E-state index contributed by atoms with van der Waals surface area (Å²) in [5.41, 5.74) is 1.12. The molecule has 0 N–H and O–H groups in total. The monoisotopic (exact) mass is 312 g/mol. The Balaban J connectivity index is 0.00000220. The quantitative estimate of drug-likeness (QED) is 0.361. The molecule has 0 saturated carbocycles. The third-order valence-electron chi connectivity index (χ3n) is 3.25. The van der Waals surface area contributed by atoms with E-state index in [2.05, 4.69) is 11.5 Å². The van der Waals surface area contributed by atoms with E-state index in [1.54, 1.807) is 0 Å². The van der Waals surface area contributed by atoms with Crippen LogP contribution in [0.4, 0.5) is 5.69 Å². The van der Waals surface area contributed by atoms with E-state index in [-0.39, 0.29) is 23.9 Å². The van der Waals surface area contributed by atoms with Crippen LogP contribution in [0.2, 0.25) is 0 Å². The van der Waals surface area contributed by atoms with Gasteiger partial charge >= 0.3 is 0 Å². The first-order valence-corrected chi connectivity index (χ1v) is 6.36. The molecule has 1 aromatic rings. The van der Waals surface area contributed by atoms with Crippen molar-refractivity contribution in [3.8, 4) is 0 Å². The van der Waals surface area contributed by atoms with Crippen LogP contribution >= 0.6 is 12.4 Å². The van der Waals surface area contributed by atoms with Crippen molar-refractivity contribution in [2.45, 2.75) is 6.54 Å². The van der Waals surface area contributed by atoms with Gasteiger partial charge in [-0.15, -0.1) is 12.4 Å². The molecule has 0 aliphatic carbocycles. The Labute approximate surface area is 128 Å². The van der Waals surface area contributed by atoms with E-state index in [4.69, 9.17) is 4.74 Å². The number of hydrogen-bond acceptors (Lipinski definition) is 5. The van der Waals surface area contributed by atoms with Crippen molar-refractivity contribution in [3.63, 3.8) is 0 Å². The Bertz CT molecular complexity index is 542. The molecule has 7 heteroatoms. The number of ketones is 1. The van der Waals surface area contributed by atoms with Crippen LogP contribution in [0.1, 0.15) is 15.9 Å². The molecule has 0 amide bonds. The smallest absolute Gasteiger partial charge is 0.269 e. The zero-order valence-corrected chi connectivity index (χ0v) is 12.3. The Kier molecular flexibility index (Phi) is 6.48. The van der Waals surface area contributed by atoms with Crippen molar-refractivity contribution in [1.29, 1.82) is 0 Å². The second kappa shape index (κ2) is 7.87. The standard InChI is InChI=1S/C14H16N2O4.ClH/c1-2-14(17)13-4-3-12(16(18)19)9-11(13)10-15-5-7-20-8-6-15;/h2-4,9H,1,5-8,10H2;1H. The summed E-state index contributed by atoms with van der Waals surface area (Å²) < 4.78 is 5.27. The topological polar surface area (TPSA) is 72.7 Å². The number of ether oxygens (including phenoxy) is 1. The summed E-state index contributed by atoms with van der Waals surface area (Å²) in [4.78, 5) is 24.3. The number of halogens is 1. The number of carbonyl (C=O) groups excluding carboxylic acids is 1. The minimum Gasteiger partial charge on any atom is -0.379 e. The van der Waals surface area contributed by atoms with Crippen molar-refractivity contribution in [3.05, 3.63) is 52.1 Å². The Morgan fingerprint density at radius 2 is 2.10 bits per heavy atom. The maximum atomic E-state index is 11.8. The van der Waals surface area contributed by atoms with Gasteiger partial charge in [0.15, 0.2) is 5.78 Å². The SMILES string of the molecule is C=CC(=O)c1ccc([N+](=O)[O-])cc1CN1CCOCC1.Cl. The van der Waals surface area contributed by atoms with Gasteiger partial charge in [-0.3, -0.25) is 19.8 Å². The van der Waals surface area contributed by atoms with Gasteiger partial charge < -0.3 is 4.74 Å². The van der Waals surface area contributed by atoms with Crippen LogP contribution in [0.3, 0.4) is 0 Å². The molecule has 21 heavy (non-hydrogen) atoms. The number of benzene rings is 1. The van der Waals surface area contributed by atoms with Crippen molar-refractivity contribution in [1.82, 2.24) is 4.90 Å². The molecule has 1 aliphatic heterocycles. The van der Waals surface area contributed by atoms with Crippen molar-refractivity contribution in [2.24, 2.45) is 0 Å². The predicted molar refractivity (Wildman–Crippen MR) is 81.0 cm³/mol. The second-order valence-corrected chi connectivity index (χ2v) is 4.56. The lowest BCUT2D eigenvalue weighted by molar-refractivity contribution is -0.384. The molecule has 0 unspecified atom stereocenters. The molecular formula is C14H17ClN2O4. The molecular weight excluding hydrogens is 296 g/mol. The largest absolute Gasteiger partial charge is 0.379 e. The highest BCUT2D eigenvalue weighted by Gasteiger charge is 2.18. The molecule has 0 spiro atoms. The number of nitrogens with zero attached hydrogens (tertiary/aromatic N) is 2. The van der Waals surface area contributed by atoms with E-state index in [1.807, 2.05) is 0 Å². The van der Waals surface area contributed by atoms with E-state index in [1.165, 1.54) is 24.3 Å².